The molecule has 0 atom stereocenters. The van der Waals surface area contributed by atoms with Gasteiger partial charge >= 0.3 is 0 Å². The van der Waals surface area contributed by atoms with E-state index in [4.69, 9.17) is 4.98 Å². The number of rotatable bonds is 4. The van der Waals surface area contributed by atoms with Crippen molar-refractivity contribution in [3.8, 4) is 0 Å². The molecule has 0 bridgehead atoms. The second-order valence-corrected chi connectivity index (χ2v) is 9.68. The summed E-state index contributed by atoms with van der Waals surface area (Å²) in [5.41, 5.74) is 7.18. The number of aromatic nitrogens is 2. The van der Waals surface area contributed by atoms with Gasteiger partial charge in [0.15, 0.2) is 0 Å². The van der Waals surface area contributed by atoms with E-state index in [0.29, 0.717) is 6.54 Å². The molecule has 2 aliphatic rings. The monoisotopic (exact) mass is 540 g/mol. The van der Waals surface area contributed by atoms with Crippen molar-refractivity contribution in [2.75, 3.05) is 18.0 Å². The molecular formula is C26H26FIN4. The van der Waals surface area contributed by atoms with Crippen LogP contribution in [0.3, 0.4) is 0 Å². The maximum atomic E-state index is 13.8. The first-order valence-electron chi connectivity index (χ1n) is 11.0. The van der Waals surface area contributed by atoms with Crippen LogP contribution < -0.4 is 4.90 Å². The molecule has 1 saturated heterocycles. The molecule has 5 rings (SSSR count). The van der Waals surface area contributed by atoms with Crippen molar-refractivity contribution in [1.82, 2.24) is 12.7 Å². The number of aryl methyl sites for hydroxylation is 1. The fourth-order valence-corrected chi connectivity index (χ4v) is 5.28. The summed E-state index contributed by atoms with van der Waals surface area (Å²) in [6, 6.07) is 7.43. The van der Waals surface area contributed by atoms with Gasteiger partial charge in [-0.1, -0.05) is 12.6 Å². The van der Waals surface area contributed by atoms with Crippen molar-refractivity contribution in [3.63, 3.8) is 0 Å². The van der Waals surface area contributed by atoms with Gasteiger partial charge in [-0.3, -0.25) is 2.78 Å². The number of anilines is 1. The van der Waals surface area contributed by atoms with Crippen LogP contribution >= 0.6 is 22.9 Å². The first kappa shape index (κ1) is 21.2. The minimum absolute atomic E-state index is 0.199. The molecule has 1 aromatic carbocycles. The molecule has 6 heteroatoms. The number of benzene rings is 1. The lowest BCUT2D eigenvalue weighted by Gasteiger charge is -2.28. The molecule has 1 fully saturated rings. The van der Waals surface area contributed by atoms with Crippen LogP contribution in [0.1, 0.15) is 36.0 Å². The number of pyridine rings is 1. The first-order valence-corrected chi connectivity index (χ1v) is 12.0. The Balaban J connectivity index is 1.43. The van der Waals surface area contributed by atoms with Crippen LogP contribution in [0.4, 0.5) is 10.1 Å². The Hall–Kier alpha value is -2.61. The average molecular weight is 540 g/mol. The van der Waals surface area contributed by atoms with Crippen molar-refractivity contribution in [1.29, 1.82) is 0 Å². The molecule has 4 nitrogen and oxygen atoms in total. The molecule has 0 unspecified atom stereocenters. The molecule has 4 heterocycles. The van der Waals surface area contributed by atoms with Gasteiger partial charge in [0, 0.05) is 48.7 Å². The van der Waals surface area contributed by atoms with Crippen LogP contribution in [0.25, 0.3) is 16.6 Å². The summed E-state index contributed by atoms with van der Waals surface area (Å²) in [6.45, 7) is 8.96. The Bertz CT molecular complexity index is 1230. The summed E-state index contributed by atoms with van der Waals surface area (Å²) < 4.78 is 15.9. The lowest BCUT2D eigenvalue weighted by Crippen LogP contribution is -2.29. The van der Waals surface area contributed by atoms with Crippen molar-refractivity contribution >= 4 is 45.2 Å². The largest absolute Gasteiger partial charge is 0.370 e. The Morgan fingerprint density at radius 3 is 2.69 bits per heavy atom. The molecule has 0 amide bonds. The topological polar surface area (TPSA) is 24.3 Å². The molecule has 0 radical (unpaired) electrons. The van der Waals surface area contributed by atoms with Crippen LogP contribution in [-0.4, -0.2) is 25.8 Å². The van der Waals surface area contributed by atoms with E-state index in [1.807, 2.05) is 25.4 Å². The maximum absolute atomic E-state index is 13.8. The fourth-order valence-electron chi connectivity index (χ4n) is 4.61. The quantitative estimate of drug-likeness (QED) is 0.349. The first-order chi connectivity index (χ1) is 15.5. The van der Waals surface area contributed by atoms with Gasteiger partial charge in [0.1, 0.15) is 11.5 Å². The molecule has 2 aliphatic heterocycles. The number of hydrogen-bond donors (Lipinski definition) is 0. The van der Waals surface area contributed by atoms with E-state index in [-0.39, 0.29) is 5.82 Å². The maximum Gasteiger partial charge on any atom is 0.149 e. The molecule has 0 N–H and O–H groups in total. The Labute approximate surface area is 202 Å². The van der Waals surface area contributed by atoms with E-state index in [9.17, 15) is 4.39 Å². The lowest BCUT2D eigenvalue weighted by molar-refractivity contribution is 0.470. The zero-order chi connectivity index (χ0) is 22.2. The predicted octanol–water partition coefficient (Wildman–Crippen LogP) is 6.60. The minimum atomic E-state index is -0.199. The molecule has 0 saturated carbocycles. The van der Waals surface area contributed by atoms with E-state index in [0.717, 1.165) is 52.1 Å². The van der Waals surface area contributed by atoms with Crippen molar-refractivity contribution in [2.24, 2.45) is 0 Å². The zero-order valence-electron chi connectivity index (χ0n) is 18.2. The fraction of sp³-hybridized carbons (Fsp3) is 0.269. The number of nitrogens with zero attached hydrogens (tertiary/aromatic N) is 4. The summed E-state index contributed by atoms with van der Waals surface area (Å²) in [7, 11) is 0. The Morgan fingerprint density at radius 2 is 1.94 bits per heavy atom. The van der Waals surface area contributed by atoms with Gasteiger partial charge in [-0.2, -0.15) is 0 Å². The normalized spacial score (nSPS) is 16.7. The third-order valence-corrected chi connectivity index (χ3v) is 6.93. The standard InChI is InChI=1S/C26H26FIN4/c1-18-10-20(13-22(27)11-18)16-31-9-6-21(12-19(31)2)25-17-32(28)26-24(25)14-23(15-29-26)30-7-4-3-5-8-30/h6,9-15,17H,2-5,7-8,16H2,1H3. The molecule has 0 aliphatic carbocycles. The van der Waals surface area contributed by atoms with E-state index in [2.05, 4.69) is 66.4 Å². The molecule has 2 aromatic heterocycles. The van der Waals surface area contributed by atoms with E-state index >= 15 is 0 Å². The number of halogens is 2. The summed E-state index contributed by atoms with van der Waals surface area (Å²) in [6.07, 6.45) is 14.2. The number of allylic oxidation sites excluding steroid dienone is 3. The Morgan fingerprint density at radius 1 is 1.12 bits per heavy atom. The van der Waals surface area contributed by atoms with E-state index < -0.39 is 0 Å². The number of piperidine rings is 1. The van der Waals surface area contributed by atoms with Crippen molar-refractivity contribution < 1.29 is 4.39 Å². The number of fused-ring (bicyclic) bond motifs is 1. The SMILES string of the molecule is C=C1C=C(c2cn(I)c3ncc(N4CCCCC4)cc23)C=CN1Cc1cc(C)cc(F)c1. The molecule has 164 valence electrons. The zero-order valence-corrected chi connectivity index (χ0v) is 20.3. The van der Waals surface area contributed by atoms with Gasteiger partial charge < -0.3 is 9.80 Å². The summed E-state index contributed by atoms with van der Waals surface area (Å²) in [5.74, 6) is -0.199. The molecule has 3 aromatic rings. The second kappa shape index (κ2) is 8.73. The molecule has 32 heavy (non-hydrogen) atoms. The average Bonchev–Trinajstić information content (AvgIpc) is 3.11. The lowest BCUT2D eigenvalue weighted by atomic mass is 10.0. The predicted molar refractivity (Wildman–Crippen MR) is 138 cm³/mol. The minimum Gasteiger partial charge on any atom is -0.370 e. The van der Waals surface area contributed by atoms with Crippen LogP contribution in [0.2, 0.25) is 0 Å². The summed E-state index contributed by atoms with van der Waals surface area (Å²) in [5, 5.41) is 1.15. The van der Waals surface area contributed by atoms with Crippen molar-refractivity contribution in [2.45, 2.75) is 32.7 Å². The van der Waals surface area contributed by atoms with Crippen LogP contribution in [0, 0.1) is 12.7 Å². The molecule has 0 spiro atoms. The molecular weight excluding hydrogens is 514 g/mol. The van der Waals surface area contributed by atoms with Crippen LogP contribution in [0.5, 0.6) is 0 Å². The van der Waals surface area contributed by atoms with Gasteiger partial charge in [-0.05, 0) is 73.2 Å². The highest BCUT2D eigenvalue weighted by atomic mass is 127. The highest BCUT2D eigenvalue weighted by Gasteiger charge is 2.18. The summed E-state index contributed by atoms with van der Waals surface area (Å²) >= 11 is 2.29. The highest BCUT2D eigenvalue weighted by Crippen LogP contribution is 2.34. The van der Waals surface area contributed by atoms with Gasteiger partial charge in [0.05, 0.1) is 34.7 Å². The van der Waals surface area contributed by atoms with Crippen LogP contribution in [-0.2, 0) is 6.54 Å². The smallest absolute Gasteiger partial charge is 0.149 e. The van der Waals surface area contributed by atoms with Gasteiger partial charge in [-0.15, -0.1) is 0 Å². The van der Waals surface area contributed by atoms with E-state index in [1.54, 1.807) is 12.1 Å². The number of hydrogen-bond acceptors (Lipinski definition) is 3. The van der Waals surface area contributed by atoms with Crippen LogP contribution in [0.15, 0.2) is 67.3 Å². The van der Waals surface area contributed by atoms with Gasteiger partial charge in [0.2, 0.25) is 0 Å². The van der Waals surface area contributed by atoms with Gasteiger partial charge in [0.25, 0.3) is 0 Å². The second-order valence-electron chi connectivity index (χ2n) is 8.64. The summed E-state index contributed by atoms with van der Waals surface area (Å²) in [4.78, 5) is 9.27. The third-order valence-electron chi connectivity index (χ3n) is 6.20. The van der Waals surface area contributed by atoms with E-state index in [1.165, 1.54) is 24.9 Å². The van der Waals surface area contributed by atoms with Crippen molar-refractivity contribution in [3.05, 3.63) is 89.8 Å². The Kier molecular flexibility index (Phi) is 5.80. The van der Waals surface area contributed by atoms with Gasteiger partial charge in [-0.25, -0.2) is 9.37 Å². The third kappa shape index (κ3) is 4.20. The highest BCUT2D eigenvalue weighted by molar-refractivity contribution is 14.1.